The van der Waals surface area contributed by atoms with Crippen LogP contribution in [-0.2, 0) is 6.42 Å². The van der Waals surface area contributed by atoms with E-state index in [0.717, 1.165) is 16.2 Å². The molecule has 0 radical (unpaired) electrons. The number of aryl methyl sites for hydroxylation is 1. The lowest BCUT2D eigenvalue weighted by molar-refractivity contribution is 0.0692. The molecule has 0 aliphatic carbocycles. The number of benzene rings is 1. The summed E-state index contributed by atoms with van der Waals surface area (Å²) in [5.74, 6) is -0.157. The van der Waals surface area contributed by atoms with Crippen LogP contribution in [0.2, 0.25) is 0 Å². The highest BCUT2D eigenvalue weighted by Crippen LogP contribution is 2.14. The first-order chi connectivity index (χ1) is 8.65. The maximum Gasteiger partial charge on any atom is 0.355 e. The van der Waals surface area contributed by atoms with Crippen LogP contribution in [0.4, 0.5) is 0 Å². The molecule has 1 aromatic carbocycles. The minimum Gasteiger partial charge on any atom is -0.493 e. The standard InChI is InChI=1S/C13H13NO3S/c1-9-3-2-4-10(7-9)17-6-5-11-8-12(13(15)16)14-18-11/h2-4,7-8H,5-6H2,1H3,(H,15,16). The van der Waals surface area contributed by atoms with Crippen molar-refractivity contribution in [3.05, 3.63) is 46.5 Å². The summed E-state index contributed by atoms with van der Waals surface area (Å²) in [6, 6.07) is 9.42. The van der Waals surface area contributed by atoms with Gasteiger partial charge in [0.05, 0.1) is 6.61 Å². The summed E-state index contributed by atoms with van der Waals surface area (Å²) >= 11 is 1.21. The van der Waals surface area contributed by atoms with E-state index in [1.807, 2.05) is 31.2 Å². The fraction of sp³-hybridized carbons (Fsp3) is 0.231. The molecule has 0 amide bonds. The average molecular weight is 263 g/mol. The van der Waals surface area contributed by atoms with Gasteiger partial charge in [-0.1, -0.05) is 12.1 Å². The van der Waals surface area contributed by atoms with Gasteiger partial charge in [-0.05, 0) is 42.2 Å². The molecule has 5 heteroatoms. The predicted octanol–water partition coefficient (Wildman–Crippen LogP) is 2.77. The van der Waals surface area contributed by atoms with Crippen molar-refractivity contribution >= 4 is 17.5 Å². The molecular weight excluding hydrogens is 250 g/mol. The lowest BCUT2D eigenvalue weighted by Gasteiger charge is -2.05. The lowest BCUT2D eigenvalue weighted by Crippen LogP contribution is -2.00. The Balaban J connectivity index is 1.86. The highest BCUT2D eigenvalue weighted by atomic mass is 32.1. The van der Waals surface area contributed by atoms with Gasteiger partial charge in [0.25, 0.3) is 0 Å². The van der Waals surface area contributed by atoms with Gasteiger partial charge in [0.15, 0.2) is 5.69 Å². The van der Waals surface area contributed by atoms with Crippen LogP contribution in [0.15, 0.2) is 30.3 Å². The summed E-state index contributed by atoms with van der Waals surface area (Å²) in [6.45, 7) is 2.53. The largest absolute Gasteiger partial charge is 0.493 e. The van der Waals surface area contributed by atoms with Gasteiger partial charge in [-0.25, -0.2) is 4.79 Å². The number of carboxylic acids is 1. The van der Waals surface area contributed by atoms with Crippen LogP contribution in [0.1, 0.15) is 20.9 Å². The molecule has 0 aliphatic heterocycles. The molecule has 1 N–H and O–H groups in total. The van der Waals surface area contributed by atoms with E-state index in [1.54, 1.807) is 6.07 Å². The number of aromatic carboxylic acids is 1. The van der Waals surface area contributed by atoms with Crippen molar-refractivity contribution in [2.75, 3.05) is 6.61 Å². The van der Waals surface area contributed by atoms with E-state index in [0.29, 0.717) is 13.0 Å². The zero-order valence-electron chi connectivity index (χ0n) is 9.92. The SMILES string of the molecule is Cc1cccc(OCCc2cc(C(=O)O)ns2)c1. The molecule has 0 atom stereocenters. The van der Waals surface area contributed by atoms with Crippen molar-refractivity contribution in [2.24, 2.45) is 0 Å². The monoisotopic (exact) mass is 263 g/mol. The number of hydrogen-bond acceptors (Lipinski definition) is 4. The molecule has 2 aromatic rings. The summed E-state index contributed by atoms with van der Waals surface area (Å²) in [6.07, 6.45) is 0.666. The maximum atomic E-state index is 10.7. The molecular formula is C13H13NO3S. The van der Waals surface area contributed by atoms with E-state index in [2.05, 4.69) is 4.37 Å². The normalized spacial score (nSPS) is 10.3. The highest BCUT2D eigenvalue weighted by Gasteiger charge is 2.08. The number of carboxylic acid groups (broad SMARTS) is 1. The molecule has 94 valence electrons. The number of ether oxygens (including phenoxy) is 1. The molecule has 0 fully saturated rings. The molecule has 0 bridgehead atoms. The van der Waals surface area contributed by atoms with Gasteiger partial charge in [-0.3, -0.25) is 0 Å². The van der Waals surface area contributed by atoms with Crippen LogP contribution < -0.4 is 4.74 Å². The van der Waals surface area contributed by atoms with E-state index in [-0.39, 0.29) is 5.69 Å². The Bertz CT molecular complexity index is 551. The quantitative estimate of drug-likeness (QED) is 0.901. The average Bonchev–Trinajstić information content (AvgIpc) is 2.78. The molecule has 1 aromatic heterocycles. The van der Waals surface area contributed by atoms with Crippen LogP contribution >= 0.6 is 11.5 Å². The first kappa shape index (κ1) is 12.6. The fourth-order valence-corrected chi connectivity index (χ4v) is 2.19. The summed E-state index contributed by atoms with van der Waals surface area (Å²) in [5, 5.41) is 8.75. The second-order valence-electron chi connectivity index (χ2n) is 3.90. The maximum absolute atomic E-state index is 10.7. The van der Waals surface area contributed by atoms with Crippen molar-refractivity contribution in [1.29, 1.82) is 0 Å². The number of nitrogens with zero attached hydrogens (tertiary/aromatic N) is 1. The van der Waals surface area contributed by atoms with E-state index in [4.69, 9.17) is 9.84 Å². The second kappa shape index (κ2) is 5.64. The number of hydrogen-bond donors (Lipinski definition) is 1. The fourth-order valence-electron chi connectivity index (χ4n) is 1.51. The first-order valence-electron chi connectivity index (χ1n) is 5.53. The van der Waals surface area contributed by atoms with Gasteiger partial charge in [0.1, 0.15) is 5.75 Å². The van der Waals surface area contributed by atoms with Crippen LogP contribution in [-0.4, -0.2) is 22.1 Å². The van der Waals surface area contributed by atoms with Gasteiger partial charge in [0, 0.05) is 11.3 Å². The van der Waals surface area contributed by atoms with Gasteiger partial charge in [-0.15, -0.1) is 0 Å². The minimum absolute atomic E-state index is 0.102. The molecule has 0 saturated heterocycles. The molecule has 4 nitrogen and oxygen atoms in total. The van der Waals surface area contributed by atoms with Gasteiger partial charge >= 0.3 is 5.97 Å². The Morgan fingerprint density at radius 2 is 2.28 bits per heavy atom. The van der Waals surface area contributed by atoms with E-state index >= 15 is 0 Å². The summed E-state index contributed by atoms with van der Waals surface area (Å²) < 4.78 is 9.43. The van der Waals surface area contributed by atoms with Crippen molar-refractivity contribution in [3.8, 4) is 5.75 Å². The van der Waals surface area contributed by atoms with Crippen molar-refractivity contribution < 1.29 is 14.6 Å². The molecule has 0 saturated carbocycles. The number of aromatic nitrogens is 1. The van der Waals surface area contributed by atoms with Crippen LogP contribution in [0.5, 0.6) is 5.75 Å². The van der Waals surface area contributed by atoms with E-state index in [1.165, 1.54) is 11.5 Å². The Morgan fingerprint density at radius 3 is 2.94 bits per heavy atom. The number of rotatable bonds is 5. The third-order valence-corrected chi connectivity index (χ3v) is 3.23. The summed E-state index contributed by atoms with van der Waals surface area (Å²) in [7, 11) is 0. The topological polar surface area (TPSA) is 59.4 Å². The van der Waals surface area contributed by atoms with E-state index in [9.17, 15) is 4.79 Å². The molecule has 0 unspecified atom stereocenters. The molecule has 1 heterocycles. The Hall–Kier alpha value is -1.88. The Morgan fingerprint density at radius 1 is 1.44 bits per heavy atom. The van der Waals surface area contributed by atoms with Crippen LogP contribution in [0.25, 0.3) is 0 Å². The molecule has 0 spiro atoms. The van der Waals surface area contributed by atoms with Crippen LogP contribution in [0, 0.1) is 6.92 Å². The van der Waals surface area contributed by atoms with Gasteiger partial charge < -0.3 is 9.84 Å². The Labute approximate surface area is 109 Å². The van der Waals surface area contributed by atoms with Crippen LogP contribution in [0.3, 0.4) is 0 Å². The third kappa shape index (κ3) is 3.30. The minimum atomic E-state index is -0.989. The third-order valence-electron chi connectivity index (χ3n) is 2.38. The smallest absolute Gasteiger partial charge is 0.355 e. The highest BCUT2D eigenvalue weighted by molar-refractivity contribution is 7.05. The van der Waals surface area contributed by atoms with E-state index < -0.39 is 5.97 Å². The Kier molecular flexibility index (Phi) is 3.94. The zero-order chi connectivity index (χ0) is 13.0. The van der Waals surface area contributed by atoms with Gasteiger partial charge in [0.2, 0.25) is 0 Å². The van der Waals surface area contributed by atoms with Crippen molar-refractivity contribution in [1.82, 2.24) is 4.37 Å². The molecule has 0 aliphatic rings. The van der Waals surface area contributed by atoms with Crippen molar-refractivity contribution in [2.45, 2.75) is 13.3 Å². The number of carbonyl (C=O) groups is 1. The van der Waals surface area contributed by atoms with Crippen molar-refractivity contribution in [3.63, 3.8) is 0 Å². The second-order valence-corrected chi connectivity index (χ2v) is 4.79. The van der Waals surface area contributed by atoms with Gasteiger partial charge in [-0.2, -0.15) is 4.37 Å². The lowest BCUT2D eigenvalue weighted by atomic mass is 10.2. The zero-order valence-corrected chi connectivity index (χ0v) is 10.7. The summed E-state index contributed by atoms with van der Waals surface area (Å²) in [5.41, 5.74) is 1.25. The molecule has 18 heavy (non-hydrogen) atoms. The predicted molar refractivity (Wildman–Crippen MR) is 69.5 cm³/mol. The first-order valence-corrected chi connectivity index (χ1v) is 6.31. The summed E-state index contributed by atoms with van der Waals surface area (Å²) in [4.78, 5) is 11.6. The molecule has 2 rings (SSSR count).